The molecule has 0 saturated carbocycles. The summed E-state index contributed by atoms with van der Waals surface area (Å²) in [6.45, 7) is 1.97. The Labute approximate surface area is 136 Å². The molecule has 2 amide bonds. The molecule has 0 bridgehead atoms. The van der Waals surface area contributed by atoms with Crippen LogP contribution in [0.3, 0.4) is 0 Å². The first kappa shape index (κ1) is 15.3. The zero-order valence-corrected chi connectivity index (χ0v) is 13.4. The first-order valence-electron chi connectivity index (χ1n) is 7.78. The second-order valence-corrected chi connectivity index (χ2v) is 5.96. The number of rotatable bonds is 3. The van der Waals surface area contributed by atoms with E-state index in [-0.39, 0.29) is 11.8 Å². The predicted octanol–water partition coefficient (Wildman–Crippen LogP) is 3.09. The van der Waals surface area contributed by atoms with E-state index in [1.54, 1.807) is 11.9 Å². The lowest BCUT2D eigenvalue weighted by Crippen LogP contribution is -2.31. The van der Waals surface area contributed by atoms with Gasteiger partial charge in [0.25, 0.3) is 0 Å². The maximum absolute atomic E-state index is 12.2. The average molecular weight is 308 g/mol. The number of para-hydroxylation sites is 1. The summed E-state index contributed by atoms with van der Waals surface area (Å²) in [7, 11) is 1.80. The number of nitrogens with one attached hydrogen (secondary N) is 1. The quantitative estimate of drug-likeness (QED) is 0.947. The van der Waals surface area contributed by atoms with Crippen molar-refractivity contribution >= 4 is 23.2 Å². The molecule has 1 N–H and O–H groups in total. The molecular formula is C19H20N2O2. The summed E-state index contributed by atoms with van der Waals surface area (Å²) in [6.07, 6.45) is 1.60. The van der Waals surface area contributed by atoms with Crippen molar-refractivity contribution in [2.24, 2.45) is 0 Å². The SMILES string of the molecule is Cc1ccccc1NC(=O)Cc1ccc2c(c1)CCC(=O)N2C. The number of nitrogens with zero attached hydrogens (tertiary/aromatic N) is 1. The Balaban J connectivity index is 1.72. The molecule has 0 atom stereocenters. The first-order chi connectivity index (χ1) is 11.0. The number of benzene rings is 2. The van der Waals surface area contributed by atoms with Crippen LogP contribution in [0.4, 0.5) is 11.4 Å². The minimum atomic E-state index is -0.0282. The minimum Gasteiger partial charge on any atom is -0.326 e. The number of fused-ring (bicyclic) bond motifs is 1. The number of carbonyl (C=O) groups is 2. The van der Waals surface area contributed by atoms with Crippen molar-refractivity contribution in [1.29, 1.82) is 0 Å². The highest BCUT2D eigenvalue weighted by molar-refractivity contribution is 5.96. The van der Waals surface area contributed by atoms with Gasteiger partial charge in [0, 0.05) is 24.8 Å². The molecule has 4 heteroatoms. The minimum absolute atomic E-state index is 0.0282. The smallest absolute Gasteiger partial charge is 0.228 e. The molecule has 0 saturated heterocycles. The van der Waals surface area contributed by atoms with Gasteiger partial charge in [0.1, 0.15) is 0 Å². The number of hydrogen-bond acceptors (Lipinski definition) is 2. The van der Waals surface area contributed by atoms with Crippen molar-refractivity contribution in [2.75, 3.05) is 17.3 Å². The van der Waals surface area contributed by atoms with Crippen molar-refractivity contribution in [3.8, 4) is 0 Å². The topological polar surface area (TPSA) is 49.4 Å². The fraction of sp³-hybridized carbons (Fsp3) is 0.263. The lowest BCUT2D eigenvalue weighted by Gasteiger charge is -2.26. The Kier molecular flexibility index (Phi) is 4.15. The maximum Gasteiger partial charge on any atom is 0.228 e. The van der Waals surface area contributed by atoms with E-state index in [4.69, 9.17) is 0 Å². The van der Waals surface area contributed by atoms with Gasteiger partial charge in [-0.25, -0.2) is 0 Å². The van der Waals surface area contributed by atoms with Gasteiger partial charge in [-0.15, -0.1) is 0 Å². The fourth-order valence-electron chi connectivity index (χ4n) is 2.91. The molecule has 1 aliphatic rings. The van der Waals surface area contributed by atoms with Crippen LogP contribution >= 0.6 is 0 Å². The van der Waals surface area contributed by atoms with Crippen LogP contribution in [-0.4, -0.2) is 18.9 Å². The summed E-state index contributed by atoms with van der Waals surface area (Å²) in [5, 5.41) is 2.95. The molecule has 0 unspecified atom stereocenters. The molecule has 2 aromatic rings. The van der Waals surface area contributed by atoms with Gasteiger partial charge in [-0.1, -0.05) is 30.3 Å². The summed E-state index contributed by atoms with van der Waals surface area (Å²) in [5.41, 5.74) is 4.95. The average Bonchev–Trinajstić information content (AvgIpc) is 2.53. The van der Waals surface area contributed by atoms with E-state index in [1.165, 1.54) is 0 Å². The van der Waals surface area contributed by atoms with Crippen LogP contribution in [0.1, 0.15) is 23.1 Å². The van der Waals surface area contributed by atoms with E-state index in [0.717, 1.165) is 34.5 Å². The molecule has 0 aliphatic carbocycles. The summed E-state index contributed by atoms with van der Waals surface area (Å²) >= 11 is 0. The molecule has 3 rings (SSSR count). The third-order valence-electron chi connectivity index (χ3n) is 4.27. The molecule has 0 radical (unpaired) electrons. The normalized spacial score (nSPS) is 13.7. The van der Waals surface area contributed by atoms with Crippen LogP contribution in [0.2, 0.25) is 0 Å². The van der Waals surface area contributed by atoms with Crippen molar-refractivity contribution in [2.45, 2.75) is 26.2 Å². The molecule has 0 aromatic heterocycles. The van der Waals surface area contributed by atoms with E-state index >= 15 is 0 Å². The number of aryl methyl sites for hydroxylation is 2. The van der Waals surface area contributed by atoms with Crippen molar-refractivity contribution in [1.82, 2.24) is 0 Å². The lowest BCUT2D eigenvalue weighted by atomic mass is 9.98. The Hall–Kier alpha value is -2.62. The Bertz CT molecular complexity index is 768. The van der Waals surface area contributed by atoms with Crippen LogP contribution < -0.4 is 10.2 Å². The van der Waals surface area contributed by atoms with Crippen molar-refractivity contribution in [3.05, 3.63) is 59.2 Å². The van der Waals surface area contributed by atoms with Crippen LogP contribution in [0.15, 0.2) is 42.5 Å². The van der Waals surface area contributed by atoms with Gasteiger partial charge in [-0.05, 0) is 42.2 Å². The van der Waals surface area contributed by atoms with E-state index in [9.17, 15) is 9.59 Å². The summed E-state index contributed by atoms with van der Waals surface area (Å²) < 4.78 is 0. The second-order valence-electron chi connectivity index (χ2n) is 5.96. The fourth-order valence-corrected chi connectivity index (χ4v) is 2.91. The Morgan fingerprint density at radius 3 is 2.74 bits per heavy atom. The van der Waals surface area contributed by atoms with Crippen molar-refractivity contribution < 1.29 is 9.59 Å². The summed E-state index contributed by atoms with van der Waals surface area (Å²) in [5.74, 6) is 0.113. The number of hydrogen-bond donors (Lipinski definition) is 1. The highest BCUT2D eigenvalue weighted by atomic mass is 16.2. The number of amides is 2. The summed E-state index contributed by atoms with van der Waals surface area (Å²) in [6, 6.07) is 13.6. The largest absolute Gasteiger partial charge is 0.326 e. The lowest BCUT2D eigenvalue weighted by molar-refractivity contribution is -0.118. The van der Waals surface area contributed by atoms with Crippen LogP contribution in [0.5, 0.6) is 0 Å². The highest BCUT2D eigenvalue weighted by Gasteiger charge is 2.21. The van der Waals surface area contributed by atoms with Crippen LogP contribution in [0, 0.1) is 6.92 Å². The maximum atomic E-state index is 12.2. The van der Waals surface area contributed by atoms with E-state index in [1.807, 2.05) is 49.4 Å². The zero-order valence-electron chi connectivity index (χ0n) is 13.4. The van der Waals surface area contributed by atoms with E-state index in [2.05, 4.69) is 5.32 Å². The predicted molar refractivity (Wildman–Crippen MR) is 91.7 cm³/mol. The molecule has 4 nitrogen and oxygen atoms in total. The monoisotopic (exact) mass is 308 g/mol. The van der Waals surface area contributed by atoms with Gasteiger partial charge in [0.05, 0.1) is 6.42 Å². The number of carbonyl (C=O) groups excluding carboxylic acids is 2. The third kappa shape index (κ3) is 3.26. The van der Waals surface area contributed by atoms with E-state index < -0.39 is 0 Å². The molecular weight excluding hydrogens is 288 g/mol. The van der Waals surface area contributed by atoms with Crippen LogP contribution in [-0.2, 0) is 22.4 Å². The van der Waals surface area contributed by atoms with Crippen molar-refractivity contribution in [3.63, 3.8) is 0 Å². The van der Waals surface area contributed by atoms with E-state index in [0.29, 0.717) is 12.8 Å². The molecule has 1 heterocycles. The molecule has 118 valence electrons. The summed E-state index contributed by atoms with van der Waals surface area (Å²) in [4.78, 5) is 25.6. The van der Waals surface area contributed by atoms with Gasteiger partial charge >= 0.3 is 0 Å². The second kappa shape index (κ2) is 6.24. The van der Waals surface area contributed by atoms with Gasteiger partial charge in [-0.2, -0.15) is 0 Å². The molecule has 0 spiro atoms. The molecule has 2 aromatic carbocycles. The number of anilines is 2. The molecule has 0 fully saturated rings. The van der Waals surface area contributed by atoms with Gasteiger partial charge in [-0.3, -0.25) is 9.59 Å². The first-order valence-corrected chi connectivity index (χ1v) is 7.78. The van der Waals surface area contributed by atoms with Gasteiger partial charge in [0.2, 0.25) is 11.8 Å². The third-order valence-corrected chi connectivity index (χ3v) is 4.27. The Morgan fingerprint density at radius 2 is 1.96 bits per heavy atom. The highest BCUT2D eigenvalue weighted by Crippen LogP contribution is 2.27. The Morgan fingerprint density at radius 1 is 1.17 bits per heavy atom. The standard InChI is InChI=1S/C19H20N2O2/c1-13-5-3-4-6-16(13)20-18(22)12-14-7-9-17-15(11-14)8-10-19(23)21(17)2/h3-7,9,11H,8,10,12H2,1-2H3,(H,20,22). The molecule has 1 aliphatic heterocycles. The van der Waals surface area contributed by atoms with Crippen LogP contribution in [0.25, 0.3) is 0 Å². The molecule has 23 heavy (non-hydrogen) atoms. The van der Waals surface area contributed by atoms with Gasteiger partial charge < -0.3 is 10.2 Å². The van der Waals surface area contributed by atoms with Gasteiger partial charge in [0.15, 0.2) is 0 Å². The zero-order chi connectivity index (χ0) is 16.4.